The van der Waals surface area contributed by atoms with Gasteiger partial charge < -0.3 is 9.47 Å². The molecule has 1 aromatic heterocycles. The summed E-state index contributed by atoms with van der Waals surface area (Å²) in [6, 6.07) is 14.7. The highest BCUT2D eigenvalue weighted by Gasteiger charge is 2.15. The number of rotatable bonds is 3. The van der Waals surface area contributed by atoms with E-state index in [2.05, 4.69) is 31.4 Å². The number of hydrogen-bond donors (Lipinski definition) is 1. The minimum atomic E-state index is -0.376. The molecule has 3 aromatic rings. The van der Waals surface area contributed by atoms with Gasteiger partial charge in [-0.05, 0) is 40.2 Å². The summed E-state index contributed by atoms with van der Waals surface area (Å²) in [6.07, 6.45) is 1.53. The molecule has 0 aliphatic carbocycles. The number of nitrogens with one attached hydrogen (secondary N) is 1. The number of hydrogen-bond acceptors (Lipinski definition) is 5. The van der Waals surface area contributed by atoms with Gasteiger partial charge in [0.15, 0.2) is 11.5 Å². The standard InChI is InChI=1S/C18H12BrN3O3/c19-13-8-17-16(24-10-25-17)7-12(13)9-20-22-18(23)15-6-5-11-3-1-2-4-14(11)21-15/h1-9H,10H2,(H,22,23)/b20-9+. The highest BCUT2D eigenvalue weighted by atomic mass is 79.9. The second kappa shape index (κ2) is 6.52. The quantitative estimate of drug-likeness (QED) is 0.542. The van der Waals surface area contributed by atoms with Crippen molar-refractivity contribution in [3.63, 3.8) is 0 Å². The van der Waals surface area contributed by atoms with Crippen LogP contribution >= 0.6 is 15.9 Å². The van der Waals surface area contributed by atoms with Crippen molar-refractivity contribution < 1.29 is 14.3 Å². The zero-order valence-corrected chi connectivity index (χ0v) is 14.5. The van der Waals surface area contributed by atoms with Gasteiger partial charge in [0.1, 0.15) is 5.69 Å². The normalized spacial score (nSPS) is 12.7. The molecule has 0 radical (unpaired) electrons. The van der Waals surface area contributed by atoms with Crippen molar-refractivity contribution in [2.45, 2.75) is 0 Å². The minimum Gasteiger partial charge on any atom is -0.454 e. The molecule has 2 aromatic carbocycles. The molecular weight excluding hydrogens is 386 g/mol. The van der Waals surface area contributed by atoms with Gasteiger partial charge in [0.2, 0.25) is 6.79 Å². The highest BCUT2D eigenvalue weighted by molar-refractivity contribution is 9.10. The summed E-state index contributed by atoms with van der Waals surface area (Å²) in [4.78, 5) is 16.5. The predicted molar refractivity (Wildman–Crippen MR) is 97.1 cm³/mol. The Kier molecular flexibility index (Phi) is 4.07. The van der Waals surface area contributed by atoms with Gasteiger partial charge in [0, 0.05) is 15.4 Å². The number of benzene rings is 2. The Labute approximate surface area is 151 Å². The number of para-hydroxylation sites is 1. The Morgan fingerprint density at radius 3 is 2.84 bits per heavy atom. The Hall–Kier alpha value is -2.93. The van der Waals surface area contributed by atoms with Crippen LogP contribution in [0.1, 0.15) is 16.1 Å². The fraction of sp³-hybridized carbons (Fsp3) is 0.0556. The fourth-order valence-electron chi connectivity index (χ4n) is 2.44. The van der Waals surface area contributed by atoms with Crippen LogP contribution in [0.2, 0.25) is 0 Å². The monoisotopic (exact) mass is 397 g/mol. The SMILES string of the molecule is O=C(N/N=C/c1cc2c(cc1Br)OCO2)c1ccc2ccccc2n1. The summed E-state index contributed by atoms with van der Waals surface area (Å²) >= 11 is 3.44. The molecule has 1 amide bonds. The molecule has 1 N–H and O–H groups in total. The Balaban J connectivity index is 1.50. The maximum Gasteiger partial charge on any atom is 0.289 e. The van der Waals surface area contributed by atoms with Crippen molar-refractivity contribution in [2.24, 2.45) is 5.10 Å². The molecule has 124 valence electrons. The van der Waals surface area contributed by atoms with Crippen LogP contribution in [0.3, 0.4) is 0 Å². The van der Waals surface area contributed by atoms with Crippen LogP contribution in [0.5, 0.6) is 11.5 Å². The van der Waals surface area contributed by atoms with E-state index in [0.717, 1.165) is 20.9 Å². The zero-order valence-electron chi connectivity index (χ0n) is 12.9. The molecule has 0 bridgehead atoms. The number of carbonyl (C=O) groups excluding carboxylic acids is 1. The highest BCUT2D eigenvalue weighted by Crippen LogP contribution is 2.36. The van der Waals surface area contributed by atoms with E-state index in [0.29, 0.717) is 17.2 Å². The molecule has 0 saturated carbocycles. The summed E-state index contributed by atoms with van der Waals surface area (Å²) in [7, 11) is 0. The lowest BCUT2D eigenvalue weighted by atomic mass is 10.2. The molecule has 6 nitrogen and oxygen atoms in total. The van der Waals surface area contributed by atoms with Gasteiger partial charge in [0.05, 0.1) is 11.7 Å². The van der Waals surface area contributed by atoms with Gasteiger partial charge in [-0.15, -0.1) is 0 Å². The van der Waals surface area contributed by atoms with Gasteiger partial charge in [-0.3, -0.25) is 4.79 Å². The van der Waals surface area contributed by atoms with E-state index in [1.807, 2.05) is 30.3 Å². The van der Waals surface area contributed by atoms with E-state index in [1.165, 1.54) is 6.21 Å². The first-order chi connectivity index (χ1) is 12.2. The van der Waals surface area contributed by atoms with Crippen molar-refractivity contribution >= 4 is 39.0 Å². The van der Waals surface area contributed by atoms with Crippen LogP contribution in [0, 0.1) is 0 Å². The molecular formula is C18H12BrN3O3. The van der Waals surface area contributed by atoms with E-state index < -0.39 is 0 Å². The van der Waals surface area contributed by atoms with Crippen molar-refractivity contribution in [1.29, 1.82) is 0 Å². The van der Waals surface area contributed by atoms with Gasteiger partial charge in [-0.1, -0.05) is 24.3 Å². The second-order valence-corrected chi connectivity index (χ2v) is 6.17. The zero-order chi connectivity index (χ0) is 17.2. The first-order valence-corrected chi connectivity index (χ1v) is 8.28. The number of aromatic nitrogens is 1. The largest absolute Gasteiger partial charge is 0.454 e. The molecule has 0 fully saturated rings. The van der Waals surface area contributed by atoms with E-state index in [9.17, 15) is 4.79 Å². The van der Waals surface area contributed by atoms with Crippen LogP contribution in [0.15, 0.2) is 58.1 Å². The van der Waals surface area contributed by atoms with Crippen molar-refractivity contribution in [3.05, 3.63) is 64.3 Å². The third-order valence-electron chi connectivity index (χ3n) is 3.69. The molecule has 1 aliphatic heterocycles. The maximum atomic E-state index is 12.2. The average molecular weight is 398 g/mol. The number of ether oxygens (including phenoxy) is 2. The molecule has 0 atom stereocenters. The van der Waals surface area contributed by atoms with E-state index in [1.54, 1.807) is 18.2 Å². The third-order valence-corrected chi connectivity index (χ3v) is 4.38. The summed E-state index contributed by atoms with van der Waals surface area (Å²) < 4.78 is 11.4. The number of halogens is 1. The molecule has 25 heavy (non-hydrogen) atoms. The lowest BCUT2D eigenvalue weighted by Crippen LogP contribution is -2.19. The second-order valence-electron chi connectivity index (χ2n) is 5.32. The maximum absolute atomic E-state index is 12.2. The summed E-state index contributed by atoms with van der Waals surface area (Å²) in [5, 5.41) is 4.97. The van der Waals surface area contributed by atoms with Crippen molar-refractivity contribution in [3.8, 4) is 11.5 Å². The van der Waals surface area contributed by atoms with Gasteiger partial charge in [-0.25, -0.2) is 10.4 Å². The Bertz CT molecular complexity index is 1000. The summed E-state index contributed by atoms with van der Waals surface area (Å²) in [6.45, 7) is 0.201. The molecule has 0 spiro atoms. The molecule has 2 heterocycles. The summed E-state index contributed by atoms with van der Waals surface area (Å²) in [5.74, 6) is 0.944. The van der Waals surface area contributed by atoms with E-state index >= 15 is 0 Å². The lowest BCUT2D eigenvalue weighted by molar-refractivity contribution is 0.0950. The van der Waals surface area contributed by atoms with Crippen LogP contribution in [0.25, 0.3) is 10.9 Å². The third kappa shape index (κ3) is 3.18. The predicted octanol–water partition coefficient (Wildman–Crippen LogP) is 3.49. The molecule has 4 rings (SSSR count). The lowest BCUT2D eigenvalue weighted by Gasteiger charge is -2.03. The number of nitrogens with zero attached hydrogens (tertiary/aromatic N) is 2. The van der Waals surface area contributed by atoms with Gasteiger partial charge in [-0.2, -0.15) is 5.10 Å². The van der Waals surface area contributed by atoms with Crippen LogP contribution in [0.4, 0.5) is 0 Å². The summed E-state index contributed by atoms with van der Waals surface area (Å²) in [5.41, 5.74) is 4.31. The topological polar surface area (TPSA) is 72.8 Å². The first kappa shape index (κ1) is 15.6. The smallest absolute Gasteiger partial charge is 0.289 e. The van der Waals surface area contributed by atoms with Crippen molar-refractivity contribution in [2.75, 3.05) is 6.79 Å². The molecule has 0 saturated heterocycles. The number of fused-ring (bicyclic) bond motifs is 2. The minimum absolute atomic E-state index is 0.201. The van der Waals surface area contributed by atoms with Crippen molar-refractivity contribution in [1.82, 2.24) is 10.4 Å². The Morgan fingerprint density at radius 2 is 1.96 bits per heavy atom. The first-order valence-electron chi connectivity index (χ1n) is 7.49. The van der Waals surface area contributed by atoms with Crippen LogP contribution < -0.4 is 14.9 Å². The molecule has 0 unspecified atom stereocenters. The number of hydrazone groups is 1. The van der Waals surface area contributed by atoms with E-state index in [4.69, 9.17) is 9.47 Å². The number of pyridine rings is 1. The van der Waals surface area contributed by atoms with E-state index in [-0.39, 0.29) is 12.7 Å². The fourth-order valence-corrected chi connectivity index (χ4v) is 2.87. The molecule has 7 heteroatoms. The average Bonchev–Trinajstić information content (AvgIpc) is 3.08. The van der Waals surface area contributed by atoms with Gasteiger partial charge >= 0.3 is 0 Å². The Morgan fingerprint density at radius 1 is 1.16 bits per heavy atom. The molecule has 1 aliphatic rings. The van der Waals surface area contributed by atoms with Gasteiger partial charge in [0.25, 0.3) is 5.91 Å². The number of amides is 1. The van der Waals surface area contributed by atoms with Crippen LogP contribution in [-0.2, 0) is 0 Å². The van der Waals surface area contributed by atoms with Crippen LogP contribution in [-0.4, -0.2) is 23.9 Å². The number of carbonyl (C=O) groups is 1.